The van der Waals surface area contributed by atoms with Crippen LogP contribution in [0.1, 0.15) is 64.9 Å². The van der Waals surface area contributed by atoms with Gasteiger partial charge in [-0.3, -0.25) is 4.79 Å². The monoisotopic (exact) mass is 568 g/mol. The number of rotatable bonds is 12. The number of hydrogen-bond acceptors (Lipinski definition) is 6. The summed E-state index contributed by atoms with van der Waals surface area (Å²) in [5.74, 6) is -0.607. The molecule has 41 heavy (non-hydrogen) atoms. The number of carboxylic acids is 1. The number of hydrogen-bond donors (Lipinski definition) is 2. The molecular weight excluding hydrogens is 524 g/mol. The van der Waals surface area contributed by atoms with E-state index in [2.05, 4.69) is 29.6 Å². The van der Waals surface area contributed by atoms with Crippen LogP contribution in [-0.2, 0) is 25.5 Å². The highest BCUT2D eigenvalue weighted by atomic mass is 16.5. The molecule has 0 bridgehead atoms. The molecule has 1 saturated heterocycles. The van der Waals surface area contributed by atoms with E-state index in [9.17, 15) is 19.5 Å². The van der Waals surface area contributed by atoms with Gasteiger partial charge in [-0.2, -0.15) is 0 Å². The Morgan fingerprint density at radius 3 is 2.37 bits per heavy atom. The Bertz CT molecular complexity index is 1250. The molecule has 2 aromatic rings. The summed E-state index contributed by atoms with van der Waals surface area (Å²) in [4.78, 5) is 39.3. The zero-order valence-electron chi connectivity index (χ0n) is 24.9. The highest BCUT2D eigenvalue weighted by Gasteiger charge is 2.45. The second-order valence-electron chi connectivity index (χ2n) is 12.6. The third-order valence-electron chi connectivity index (χ3n) is 8.66. The quantitative estimate of drug-likeness (QED) is 0.363. The van der Waals surface area contributed by atoms with Gasteiger partial charge in [0.2, 0.25) is 5.91 Å². The van der Waals surface area contributed by atoms with Crippen molar-refractivity contribution in [3.63, 3.8) is 0 Å². The second-order valence-corrected chi connectivity index (χ2v) is 12.6. The molecule has 1 aliphatic carbocycles. The minimum atomic E-state index is -1.08. The number of nitrogens with zero attached hydrogens (tertiary/aromatic N) is 1. The largest absolute Gasteiger partial charge is 0.496 e. The number of amides is 2. The smallest absolute Gasteiger partial charge is 0.407 e. The molecule has 0 unspecified atom stereocenters. The number of alkyl carbamates (subject to hydrolysis) is 1. The number of ether oxygens (including phenoxy) is 3. The molecule has 1 heterocycles. The first-order valence-corrected chi connectivity index (χ1v) is 14.5. The van der Waals surface area contributed by atoms with Crippen molar-refractivity contribution < 1.29 is 33.7 Å². The van der Waals surface area contributed by atoms with Crippen molar-refractivity contribution >= 4 is 28.7 Å². The van der Waals surface area contributed by atoms with Crippen LogP contribution >= 0.6 is 0 Å². The van der Waals surface area contributed by atoms with Gasteiger partial charge in [0.05, 0.1) is 19.8 Å². The summed E-state index contributed by atoms with van der Waals surface area (Å²) in [6, 6.07) is 10.7. The van der Waals surface area contributed by atoms with Crippen molar-refractivity contribution in [3.05, 3.63) is 42.0 Å². The zero-order chi connectivity index (χ0) is 29.8. The molecule has 0 spiro atoms. The minimum Gasteiger partial charge on any atom is -0.496 e. The number of nitrogens with one attached hydrogen (secondary N) is 1. The topological polar surface area (TPSA) is 114 Å². The third kappa shape index (κ3) is 7.50. The molecule has 9 heteroatoms. The van der Waals surface area contributed by atoms with Gasteiger partial charge in [0.25, 0.3) is 0 Å². The van der Waals surface area contributed by atoms with Crippen molar-refractivity contribution in [1.82, 2.24) is 10.2 Å². The first-order chi connectivity index (χ1) is 19.5. The van der Waals surface area contributed by atoms with Crippen LogP contribution in [0.4, 0.5) is 4.79 Å². The maximum Gasteiger partial charge on any atom is 0.407 e. The lowest BCUT2D eigenvalue weighted by Gasteiger charge is -2.34. The van der Waals surface area contributed by atoms with E-state index in [1.165, 1.54) is 28.3 Å². The van der Waals surface area contributed by atoms with E-state index < -0.39 is 35.5 Å². The van der Waals surface area contributed by atoms with Gasteiger partial charge in [0.15, 0.2) is 0 Å². The summed E-state index contributed by atoms with van der Waals surface area (Å²) >= 11 is 0. The average molecular weight is 569 g/mol. The molecule has 0 radical (unpaired) electrons. The Balaban J connectivity index is 1.27. The molecule has 1 saturated carbocycles. The normalized spacial score (nSPS) is 20.5. The zero-order valence-corrected chi connectivity index (χ0v) is 24.9. The summed E-state index contributed by atoms with van der Waals surface area (Å²) in [5, 5.41) is 14.7. The second kappa shape index (κ2) is 12.7. The van der Waals surface area contributed by atoms with E-state index >= 15 is 0 Å². The SMILES string of the molecule is COc1cc2ccccc2cc1CCCC1(CCOC(=O)N[C@H](C(=O)N2C[C@@H](OC)C[C@H]2C(=O)O)C(C)(C)C)CC1. The molecule has 9 nitrogen and oxygen atoms in total. The number of methoxy groups -OCH3 is 2. The van der Waals surface area contributed by atoms with Crippen molar-refractivity contribution in [2.45, 2.75) is 83.9 Å². The average Bonchev–Trinajstić information content (AvgIpc) is 3.55. The summed E-state index contributed by atoms with van der Waals surface area (Å²) in [6.45, 7) is 5.93. The lowest BCUT2D eigenvalue weighted by atomic mass is 9.85. The summed E-state index contributed by atoms with van der Waals surface area (Å²) in [6.07, 6.45) is 5.18. The lowest BCUT2D eigenvalue weighted by Crippen LogP contribution is -2.56. The van der Waals surface area contributed by atoms with Crippen molar-refractivity contribution in [2.24, 2.45) is 10.8 Å². The molecule has 4 rings (SSSR count). The fourth-order valence-corrected chi connectivity index (χ4v) is 5.89. The number of carbonyl (C=O) groups is 3. The predicted molar refractivity (Wildman–Crippen MR) is 156 cm³/mol. The third-order valence-corrected chi connectivity index (χ3v) is 8.66. The highest BCUT2D eigenvalue weighted by Crippen LogP contribution is 2.52. The first kappa shape index (κ1) is 30.6. The van der Waals surface area contributed by atoms with Crippen LogP contribution in [-0.4, -0.2) is 73.5 Å². The molecule has 2 fully saturated rings. The molecule has 2 amide bonds. The van der Waals surface area contributed by atoms with E-state index in [1.54, 1.807) is 7.11 Å². The van der Waals surface area contributed by atoms with Crippen LogP contribution in [0.25, 0.3) is 10.8 Å². The van der Waals surface area contributed by atoms with E-state index in [0.29, 0.717) is 0 Å². The minimum absolute atomic E-state index is 0.170. The van der Waals surface area contributed by atoms with E-state index in [-0.39, 0.29) is 31.1 Å². The standard InChI is InChI=1S/C32H44N2O7/c1-31(2,3)27(28(35)34-20-24(39-4)19-25(34)29(36)37)33-30(38)41-16-15-32(13-14-32)12-8-11-23-17-21-9-6-7-10-22(21)18-26(23)40-5/h6-7,9-10,17-18,24-25,27H,8,11-16,19-20H2,1-5H3,(H,33,38)(H,36,37)/t24-,25-,27+/m0/s1. The van der Waals surface area contributed by atoms with Crippen LogP contribution in [0.3, 0.4) is 0 Å². The molecule has 3 atom stereocenters. The van der Waals surface area contributed by atoms with Crippen molar-refractivity contribution in [2.75, 3.05) is 27.4 Å². The van der Waals surface area contributed by atoms with E-state index in [1.807, 2.05) is 32.9 Å². The molecule has 0 aromatic heterocycles. The van der Waals surface area contributed by atoms with Crippen LogP contribution in [0.2, 0.25) is 0 Å². The Morgan fingerprint density at radius 2 is 1.78 bits per heavy atom. The summed E-state index contributed by atoms with van der Waals surface area (Å²) < 4.78 is 16.5. The van der Waals surface area contributed by atoms with Crippen LogP contribution < -0.4 is 10.1 Å². The number of carbonyl (C=O) groups excluding carboxylic acids is 2. The highest BCUT2D eigenvalue weighted by molar-refractivity contribution is 5.90. The van der Waals surface area contributed by atoms with Crippen molar-refractivity contribution in [3.8, 4) is 5.75 Å². The fraction of sp³-hybridized carbons (Fsp3) is 0.594. The predicted octanol–water partition coefficient (Wildman–Crippen LogP) is 5.18. The summed E-state index contributed by atoms with van der Waals surface area (Å²) in [7, 11) is 3.21. The Kier molecular flexibility index (Phi) is 9.47. The first-order valence-electron chi connectivity index (χ1n) is 14.5. The van der Waals surface area contributed by atoms with Crippen molar-refractivity contribution in [1.29, 1.82) is 0 Å². The number of carboxylic acid groups (broad SMARTS) is 1. The van der Waals surface area contributed by atoms with Crippen LogP contribution in [0, 0.1) is 10.8 Å². The molecule has 2 N–H and O–H groups in total. The Labute approximate surface area is 242 Å². The van der Waals surface area contributed by atoms with Gasteiger partial charge in [0, 0.05) is 20.1 Å². The molecule has 2 aliphatic rings. The maximum absolute atomic E-state index is 13.4. The maximum atomic E-state index is 13.4. The van der Waals surface area contributed by atoms with Crippen LogP contribution in [0.5, 0.6) is 5.75 Å². The summed E-state index contributed by atoms with van der Waals surface area (Å²) in [5.41, 5.74) is 0.741. The van der Waals surface area contributed by atoms with Gasteiger partial charge in [0.1, 0.15) is 17.8 Å². The molecule has 2 aromatic carbocycles. The number of aliphatic carboxylic acids is 1. The molecule has 1 aliphatic heterocycles. The fourth-order valence-electron chi connectivity index (χ4n) is 5.89. The van der Waals surface area contributed by atoms with Gasteiger partial charge in [-0.05, 0) is 77.8 Å². The van der Waals surface area contributed by atoms with Crippen LogP contribution in [0.15, 0.2) is 36.4 Å². The Morgan fingerprint density at radius 1 is 1.10 bits per heavy atom. The number of fused-ring (bicyclic) bond motifs is 1. The molecular formula is C32H44N2O7. The van der Waals surface area contributed by atoms with Gasteiger partial charge < -0.3 is 29.5 Å². The van der Waals surface area contributed by atoms with E-state index in [4.69, 9.17) is 14.2 Å². The van der Waals surface area contributed by atoms with Gasteiger partial charge in [-0.1, -0.05) is 45.0 Å². The van der Waals surface area contributed by atoms with Gasteiger partial charge in [-0.15, -0.1) is 0 Å². The van der Waals surface area contributed by atoms with Gasteiger partial charge in [-0.25, -0.2) is 9.59 Å². The molecule has 224 valence electrons. The van der Waals surface area contributed by atoms with Gasteiger partial charge >= 0.3 is 12.1 Å². The number of likely N-dealkylation sites (tertiary alicyclic amines) is 1. The van der Waals surface area contributed by atoms with E-state index in [0.717, 1.165) is 44.3 Å². The number of benzene rings is 2. The lowest BCUT2D eigenvalue weighted by molar-refractivity contribution is -0.150. The Hall–Kier alpha value is -3.33. The number of aryl methyl sites for hydroxylation is 1.